The van der Waals surface area contributed by atoms with Crippen LogP contribution in [-0.4, -0.2) is 46.1 Å². The summed E-state index contributed by atoms with van der Waals surface area (Å²) >= 11 is 0. The van der Waals surface area contributed by atoms with Gasteiger partial charge in [0.1, 0.15) is 0 Å². The van der Waals surface area contributed by atoms with Gasteiger partial charge in [-0.1, -0.05) is 274 Å². The zero-order valence-electron chi connectivity index (χ0n) is 43.6. The second-order valence-electron chi connectivity index (χ2n) is 19.9. The maximum absolute atomic E-state index is 12.5. The first-order valence-electron chi connectivity index (χ1n) is 28.9. The van der Waals surface area contributed by atoms with Gasteiger partial charge in [-0.05, 0) is 70.6 Å². The Morgan fingerprint density at radius 3 is 0.985 bits per heavy atom. The van der Waals surface area contributed by atoms with E-state index in [0.717, 1.165) is 38.5 Å². The number of hydrogen-bond donors (Lipinski definition) is 4. The van der Waals surface area contributed by atoms with Gasteiger partial charge in [-0.25, -0.2) is 0 Å². The van der Waals surface area contributed by atoms with Gasteiger partial charge in [0, 0.05) is 0 Å². The van der Waals surface area contributed by atoms with Gasteiger partial charge < -0.3 is 20.6 Å². The molecule has 382 valence electrons. The molecule has 5 heteroatoms. The third-order valence-electron chi connectivity index (χ3n) is 13.3. The lowest BCUT2D eigenvalue weighted by Gasteiger charge is -2.21. The lowest BCUT2D eigenvalue weighted by atomic mass is 10.0. The average molecular weight is 913 g/mol. The molecular formula is C60H113NO4. The van der Waals surface area contributed by atoms with Gasteiger partial charge in [0.15, 0.2) is 0 Å². The van der Waals surface area contributed by atoms with Crippen LogP contribution in [0.25, 0.3) is 0 Å². The zero-order chi connectivity index (χ0) is 47.2. The number of amides is 1. The molecule has 0 heterocycles. The molecular weight excluding hydrogens is 799 g/mol. The Hall–Kier alpha value is -1.69. The van der Waals surface area contributed by atoms with Crippen molar-refractivity contribution in [2.24, 2.45) is 0 Å². The number of carbonyl (C=O) groups excluding carboxylic acids is 1. The standard InChI is InChI=1S/C60H113NO4/c1-3-5-7-9-11-13-15-17-19-21-23-25-27-28-29-30-32-33-35-37-39-41-43-45-47-49-51-53-57(63)55-60(65)61-58(56-62)59(64)54-52-50-48-46-44-42-40-38-36-34-31-26-24-22-20-18-16-14-12-10-8-6-4-2/h28-29,36,38,44,46,52,54,57-59,62-64H,3-27,30-35,37,39-43,45,47-51,53,55-56H2,1-2H3,(H,61,65)/b29-28-,38-36+,46-44+,54-52+. The fourth-order valence-electron chi connectivity index (χ4n) is 8.90. The number of nitrogens with one attached hydrogen (secondary N) is 1. The molecule has 1 amide bonds. The van der Waals surface area contributed by atoms with E-state index in [2.05, 4.69) is 55.6 Å². The molecule has 0 radical (unpaired) electrons. The number of unbranched alkanes of at least 4 members (excludes halogenated alkanes) is 38. The molecule has 0 fully saturated rings. The topological polar surface area (TPSA) is 89.8 Å². The van der Waals surface area contributed by atoms with Crippen LogP contribution in [0.2, 0.25) is 0 Å². The quantitative estimate of drug-likeness (QED) is 0.0361. The van der Waals surface area contributed by atoms with Crippen LogP contribution in [0.1, 0.15) is 303 Å². The van der Waals surface area contributed by atoms with Crippen LogP contribution in [0, 0.1) is 0 Å². The fraction of sp³-hybridized carbons (Fsp3) is 0.850. The van der Waals surface area contributed by atoms with Crippen molar-refractivity contribution in [3.05, 3.63) is 48.6 Å². The zero-order valence-corrected chi connectivity index (χ0v) is 43.6. The molecule has 0 aliphatic heterocycles. The van der Waals surface area contributed by atoms with Gasteiger partial charge in [0.25, 0.3) is 0 Å². The van der Waals surface area contributed by atoms with Crippen molar-refractivity contribution in [2.75, 3.05) is 6.61 Å². The predicted octanol–water partition coefficient (Wildman–Crippen LogP) is 18.0. The van der Waals surface area contributed by atoms with E-state index in [4.69, 9.17) is 0 Å². The van der Waals surface area contributed by atoms with Crippen molar-refractivity contribution in [1.82, 2.24) is 5.32 Å². The van der Waals surface area contributed by atoms with Crippen LogP contribution in [-0.2, 0) is 4.79 Å². The van der Waals surface area contributed by atoms with E-state index >= 15 is 0 Å². The van der Waals surface area contributed by atoms with Crippen LogP contribution in [0.3, 0.4) is 0 Å². The van der Waals surface area contributed by atoms with Gasteiger partial charge in [-0.15, -0.1) is 0 Å². The average Bonchev–Trinajstić information content (AvgIpc) is 3.30. The molecule has 0 bridgehead atoms. The molecule has 0 aliphatic carbocycles. The summed E-state index contributed by atoms with van der Waals surface area (Å²) in [7, 11) is 0. The summed E-state index contributed by atoms with van der Waals surface area (Å²) in [4.78, 5) is 12.5. The van der Waals surface area contributed by atoms with Crippen molar-refractivity contribution >= 4 is 5.91 Å². The molecule has 0 rings (SSSR count). The second kappa shape index (κ2) is 54.9. The molecule has 4 N–H and O–H groups in total. The largest absolute Gasteiger partial charge is 0.394 e. The van der Waals surface area contributed by atoms with E-state index < -0.39 is 18.2 Å². The van der Waals surface area contributed by atoms with E-state index in [0.29, 0.717) is 6.42 Å². The summed E-state index contributed by atoms with van der Waals surface area (Å²) < 4.78 is 0. The number of rotatable bonds is 53. The third-order valence-corrected chi connectivity index (χ3v) is 13.3. The minimum absolute atomic E-state index is 0.00210. The number of carbonyl (C=O) groups is 1. The molecule has 0 saturated heterocycles. The first-order chi connectivity index (χ1) is 32.0. The maximum Gasteiger partial charge on any atom is 0.222 e. The Balaban J connectivity index is 3.62. The van der Waals surface area contributed by atoms with Gasteiger partial charge in [0.2, 0.25) is 5.91 Å². The summed E-state index contributed by atoms with van der Waals surface area (Å²) in [6, 6.07) is -0.770. The Morgan fingerprint density at radius 1 is 0.385 bits per heavy atom. The van der Waals surface area contributed by atoms with Crippen LogP contribution in [0.5, 0.6) is 0 Å². The Kier molecular flexibility index (Phi) is 53.5. The second-order valence-corrected chi connectivity index (χ2v) is 19.9. The smallest absolute Gasteiger partial charge is 0.222 e. The van der Waals surface area contributed by atoms with Gasteiger partial charge >= 0.3 is 0 Å². The van der Waals surface area contributed by atoms with Gasteiger partial charge in [-0.2, -0.15) is 0 Å². The van der Waals surface area contributed by atoms with Gasteiger partial charge in [0.05, 0.1) is 31.3 Å². The van der Waals surface area contributed by atoms with Crippen molar-refractivity contribution in [2.45, 2.75) is 321 Å². The molecule has 0 aromatic carbocycles. The van der Waals surface area contributed by atoms with Crippen LogP contribution in [0.15, 0.2) is 48.6 Å². The highest BCUT2D eigenvalue weighted by Crippen LogP contribution is 2.17. The van der Waals surface area contributed by atoms with Crippen molar-refractivity contribution in [3.8, 4) is 0 Å². The number of allylic oxidation sites excluding steroid dienone is 7. The lowest BCUT2D eigenvalue weighted by Crippen LogP contribution is -2.45. The highest BCUT2D eigenvalue weighted by molar-refractivity contribution is 5.76. The van der Waals surface area contributed by atoms with Gasteiger partial charge in [-0.3, -0.25) is 4.79 Å². The normalized spacial score (nSPS) is 13.6. The molecule has 0 aromatic heterocycles. The van der Waals surface area contributed by atoms with E-state index in [1.807, 2.05) is 6.08 Å². The van der Waals surface area contributed by atoms with E-state index in [1.54, 1.807) is 6.08 Å². The molecule has 0 spiro atoms. The molecule has 0 saturated carbocycles. The van der Waals surface area contributed by atoms with Crippen LogP contribution < -0.4 is 5.32 Å². The highest BCUT2D eigenvalue weighted by Gasteiger charge is 2.20. The molecule has 0 aliphatic rings. The van der Waals surface area contributed by atoms with E-state index in [9.17, 15) is 20.1 Å². The summed E-state index contributed by atoms with van der Waals surface area (Å²) in [5.41, 5.74) is 0. The summed E-state index contributed by atoms with van der Waals surface area (Å²) in [6.07, 6.45) is 73.1. The van der Waals surface area contributed by atoms with Crippen molar-refractivity contribution in [3.63, 3.8) is 0 Å². The number of aliphatic hydroxyl groups is 3. The molecule has 5 nitrogen and oxygen atoms in total. The van der Waals surface area contributed by atoms with Crippen LogP contribution in [0.4, 0.5) is 0 Å². The Labute approximate surface area is 406 Å². The lowest BCUT2D eigenvalue weighted by molar-refractivity contribution is -0.124. The minimum Gasteiger partial charge on any atom is -0.394 e. The fourth-order valence-corrected chi connectivity index (χ4v) is 8.90. The highest BCUT2D eigenvalue weighted by atomic mass is 16.3. The maximum atomic E-state index is 12.5. The van der Waals surface area contributed by atoms with E-state index in [1.165, 1.54) is 238 Å². The minimum atomic E-state index is -0.962. The van der Waals surface area contributed by atoms with E-state index in [-0.39, 0.29) is 18.9 Å². The number of aliphatic hydroxyl groups excluding tert-OH is 3. The Bertz CT molecular complexity index is 1050. The predicted molar refractivity (Wildman–Crippen MR) is 287 cm³/mol. The Morgan fingerprint density at radius 2 is 0.662 bits per heavy atom. The first-order valence-corrected chi connectivity index (χ1v) is 28.9. The monoisotopic (exact) mass is 912 g/mol. The first kappa shape index (κ1) is 63.3. The molecule has 3 unspecified atom stereocenters. The van der Waals surface area contributed by atoms with Crippen molar-refractivity contribution < 1.29 is 20.1 Å². The third kappa shape index (κ3) is 51.5. The summed E-state index contributed by atoms with van der Waals surface area (Å²) in [5.74, 6) is -0.327. The molecule has 65 heavy (non-hydrogen) atoms. The van der Waals surface area contributed by atoms with Crippen LogP contribution >= 0.6 is 0 Å². The summed E-state index contributed by atoms with van der Waals surface area (Å²) in [5, 5.41) is 33.4. The van der Waals surface area contributed by atoms with Crippen molar-refractivity contribution in [1.29, 1.82) is 0 Å². The molecule has 0 aromatic rings. The summed E-state index contributed by atoms with van der Waals surface area (Å²) in [6.45, 7) is 4.23. The molecule has 3 atom stereocenters. The SMILES string of the molecule is CCCCCCCCCCCCCC/C=C\CCCCCCCCCCCCCC(O)CC(=O)NC(CO)C(O)/C=C/CC/C=C/CC/C=C/CCCCCCCCCCCCCCC. The number of hydrogen-bond acceptors (Lipinski definition) is 4.